The zero-order chi connectivity index (χ0) is 95.0. The highest BCUT2D eigenvalue weighted by atomic mass is 15.0. The molecule has 0 spiro atoms. The summed E-state index contributed by atoms with van der Waals surface area (Å²) in [5, 5.41) is 26.4. The molecule has 0 radical (unpaired) electrons. The quantitative estimate of drug-likeness (QED) is 0.148. The molecule has 27 aromatic rings. The summed E-state index contributed by atoms with van der Waals surface area (Å²) < 4.78 is 9.60. The number of aromatic nitrogens is 4. The average Bonchev–Trinajstić information content (AvgIpc) is 1.55. The second-order valence-corrected chi connectivity index (χ2v) is 39.8. The fourth-order valence-corrected chi connectivity index (χ4v) is 23.4. The number of hydrogen-bond donors (Lipinski definition) is 0. The van der Waals surface area contributed by atoms with Gasteiger partial charge in [-0.25, -0.2) is 0 Å². The Balaban J connectivity index is 0.0000000945. The Bertz CT molecular complexity index is 9660. The van der Waals surface area contributed by atoms with Crippen molar-refractivity contribution in [2.24, 2.45) is 0 Å². The van der Waals surface area contributed by atoms with E-state index in [1.54, 1.807) is 0 Å². The molecule has 2 aliphatic carbocycles. The van der Waals surface area contributed by atoms with Crippen molar-refractivity contribution >= 4 is 152 Å². The van der Waals surface area contributed by atoms with E-state index < -0.39 is 0 Å². The van der Waals surface area contributed by atoms with Crippen LogP contribution in [0, 0.1) is 34.6 Å². The van der Waals surface area contributed by atoms with E-state index in [9.17, 15) is 0 Å². The fourth-order valence-electron chi connectivity index (χ4n) is 23.4. The summed E-state index contributed by atoms with van der Waals surface area (Å²) in [4.78, 5) is 0. The van der Waals surface area contributed by atoms with Crippen molar-refractivity contribution in [3.63, 3.8) is 0 Å². The Kier molecular flexibility index (Phi) is 20.7. The van der Waals surface area contributed by atoms with Gasteiger partial charge in [0.05, 0.1) is 44.1 Å². The Morgan fingerprint density at radius 1 is 0.135 bits per heavy atom. The molecule has 2 aliphatic rings. The van der Waals surface area contributed by atoms with Crippen molar-refractivity contribution in [3.8, 4) is 67.3 Å². The number of benzene rings is 23. The summed E-state index contributed by atoms with van der Waals surface area (Å²) in [6.45, 7) is 20.1. The summed E-state index contributed by atoms with van der Waals surface area (Å²) in [5.41, 5.74) is 37.5. The van der Waals surface area contributed by atoms with E-state index in [-0.39, 0.29) is 10.8 Å². The van der Waals surface area contributed by atoms with E-state index in [0.717, 1.165) is 0 Å². The minimum atomic E-state index is 0.00794. The van der Waals surface area contributed by atoms with Gasteiger partial charge in [0, 0.05) is 76.7 Å². The average molecular weight is 1810 g/mol. The van der Waals surface area contributed by atoms with Gasteiger partial charge in [-0.2, -0.15) is 0 Å². The van der Waals surface area contributed by atoms with Crippen LogP contribution in [-0.4, -0.2) is 18.3 Å². The van der Waals surface area contributed by atoms with Crippen molar-refractivity contribution in [3.05, 3.63) is 517 Å². The zero-order valence-electron chi connectivity index (χ0n) is 80.7. The molecular formula is C137H104N4. The van der Waals surface area contributed by atoms with Crippen molar-refractivity contribution in [2.45, 2.75) is 73.1 Å². The van der Waals surface area contributed by atoms with Crippen LogP contribution in [0.4, 0.5) is 0 Å². The van der Waals surface area contributed by atoms with Crippen molar-refractivity contribution in [1.82, 2.24) is 18.3 Å². The van der Waals surface area contributed by atoms with Crippen LogP contribution < -0.4 is 0 Å². The molecule has 0 saturated carbocycles. The third kappa shape index (κ3) is 14.4. The molecule has 0 fully saturated rings. The highest BCUT2D eigenvalue weighted by Crippen LogP contribution is 2.54. The lowest BCUT2D eigenvalue weighted by atomic mass is 9.82. The third-order valence-electron chi connectivity index (χ3n) is 30.3. The van der Waals surface area contributed by atoms with E-state index in [1.807, 2.05) is 0 Å². The molecule has 4 heteroatoms. The van der Waals surface area contributed by atoms with Crippen LogP contribution in [0.3, 0.4) is 0 Å². The number of hydrogen-bond acceptors (Lipinski definition) is 0. The predicted octanol–water partition coefficient (Wildman–Crippen LogP) is 37.2. The number of aryl methyl sites for hydroxylation is 5. The molecule has 672 valence electrons. The standard InChI is InChI=1S/C37H26N2.2C28H23N.C25H18.C19H14/c1-25-15-19-29(20-16-25)39-35-14-8-6-12-31(35)33-24-27(18-22-37(33)39)26-17-21-36-32(23-26)30-11-5-7-13-34(30)38(36)28-9-3-2-4-10-28;1-18-9-8-10-19(15-18)29-26-14-7-5-12-21(26)23-16-22-20-11-4-6-13-24(20)28(2,3)25(22)17-27(23)29;1-18-12-14-19(15-13-18)29-26-11-7-5-9-21(26)23-16-22-20-8-4-6-10-24(20)28(2,3)25(22)17-27(23)29;1-17-7-6-8-18(15-17)19-13-14-24-22-11-3-2-9-20(22)21-10-4-5-12-23(21)25(24)16-19;1-13-10-11-18-16-8-3-2-6-14(16)15-7-4-5-9-17(15)19(18)12-13/h2-24H,1H3;2*4-17H,1-3H3;2-16H,1H3;2-12H,1H3. The van der Waals surface area contributed by atoms with E-state index >= 15 is 0 Å². The first-order chi connectivity index (χ1) is 69.0. The molecule has 29 rings (SSSR count). The van der Waals surface area contributed by atoms with Crippen LogP contribution in [0.2, 0.25) is 0 Å². The molecule has 0 N–H and O–H groups in total. The SMILES string of the molecule is Cc1ccc(-n2c3ccccc3c3cc(-c4ccc5c(c4)c4ccccc4n5-c4ccccc4)ccc32)cc1.Cc1ccc(-n2c3ccccc3c3cc4c(cc32)C(C)(C)c2ccccc2-4)cc1.Cc1ccc2c3ccccc3c3ccccc3c2c1.Cc1cccc(-c2ccc3c4ccccc4c4ccccc4c3c2)c1.Cc1cccc(-n2c3ccccc3c3cc4c(cc32)C(C)(C)c2ccccc2-4)c1. The normalized spacial score (nSPS) is 12.7. The number of para-hydroxylation sites is 5. The van der Waals surface area contributed by atoms with E-state index in [1.165, 1.54) is 269 Å². The molecule has 4 heterocycles. The molecule has 4 aromatic heterocycles. The second kappa shape index (κ2) is 34.2. The maximum Gasteiger partial charge on any atom is 0.0544 e. The summed E-state index contributed by atoms with van der Waals surface area (Å²) >= 11 is 0. The minimum Gasteiger partial charge on any atom is -0.309 e. The first-order valence-electron chi connectivity index (χ1n) is 49.4. The van der Waals surface area contributed by atoms with Gasteiger partial charge in [-0.3, -0.25) is 0 Å². The zero-order valence-corrected chi connectivity index (χ0v) is 80.7. The molecule has 0 unspecified atom stereocenters. The van der Waals surface area contributed by atoms with Gasteiger partial charge in [0.15, 0.2) is 0 Å². The van der Waals surface area contributed by atoms with Gasteiger partial charge in [-0.15, -0.1) is 0 Å². The molecule has 0 atom stereocenters. The van der Waals surface area contributed by atoms with Gasteiger partial charge >= 0.3 is 0 Å². The topological polar surface area (TPSA) is 19.7 Å². The summed E-state index contributed by atoms with van der Waals surface area (Å²) in [6.07, 6.45) is 0. The monoisotopic (exact) mass is 1800 g/mol. The van der Waals surface area contributed by atoms with Crippen LogP contribution in [-0.2, 0) is 10.8 Å². The Morgan fingerprint density at radius 2 is 0.404 bits per heavy atom. The summed E-state index contributed by atoms with van der Waals surface area (Å²) in [5.74, 6) is 0. The van der Waals surface area contributed by atoms with Crippen LogP contribution in [0.15, 0.2) is 467 Å². The molecule has 23 aromatic carbocycles. The largest absolute Gasteiger partial charge is 0.309 e. The highest BCUT2D eigenvalue weighted by Gasteiger charge is 2.38. The van der Waals surface area contributed by atoms with Gasteiger partial charge in [0.25, 0.3) is 0 Å². The molecule has 0 amide bonds. The van der Waals surface area contributed by atoms with E-state index in [2.05, 4.69) is 548 Å². The minimum absolute atomic E-state index is 0.00794. The smallest absolute Gasteiger partial charge is 0.0544 e. The summed E-state index contributed by atoms with van der Waals surface area (Å²) in [6, 6.07) is 171. The molecule has 0 saturated heterocycles. The maximum atomic E-state index is 2.44. The molecular weight excluding hydrogens is 1700 g/mol. The van der Waals surface area contributed by atoms with Crippen molar-refractivity contribution in [2.75, 3.05) is 0 Å². The lowest BCUT2D eigenvalue weighted by Gasteiger charge is -2.21. The third-order valence-corrected chi connectivity index (χ3v) is 30.3. The van der Waals surface area contributed by atoms with Gasteiger partial charge < -0.3 is 18.3 Å². The Hall–Kier alpha value is -17.2. The molecule has 4 nitrogen and oxygen atoms in total. The first kappa shape index (κ1) is 85.5. The number of rotatable bonds is 6. The fraction of sp³-hybridized carbons (Fsp3) is 0.0803. The number of nitrogens with zero attached hydrogens (tertiary/aromatic N) is 4. The van der Waals surface area contributed by atoms with E-state index in [0.29, 0.717) is 0 Å². The van der Waals surface area contributed by atoms with Gasteiger partial charge in [0.2, 0.25) is 0 Å². The van der Waals surface area contributed by atoms with Crippen molar-refractivity contribution < 1.29 is 0 Å². The van der Waals surface area contributed by atoms with Crippen LogP contribution in [0.25, 0.3) is 219 Å². The van der Waals surface area contributed by atoms with Gasteiger partial charge in [-0.05, 0) is 299 Å². The van der Waals surface area contributed by atoms with Gasteiger partial charge in [0.1, 0.15) is 0 Å². The first-order valence-corrected chi connectivity index (χ1v) is 49.4. The van der Waals surface area contributed by atoms with Crippen LogP contribution in [0.5, 0.6) is 0 Å². The molecule has 0 aliphatic heterocycles. The lowest BCUT2D eigenvalue weighted by molar-refractivity contribution is 0.661. The summed E-state index contributed by atoms with van der Waals surface area (Å²) in [7, 11) is 0. The lowest BCUT2D eigenvalue weighted by Crippen LogP contribution is -2.14. The Morgan fingerprint density at radius 3 is 0.816 bits per heavy atom. The van der Waals surface area contributed by atoms with Crippen molar-refractivity contribution in [1.29, 1.82) is 0 Å². The van der Waals surface area contributed by atoms with Crippen LogP contribution >= 0.6 is 0 Å². The second-order valence-electron chi connectivity index (χ2n) is 39.8. The van der Waals surface area contributed by atoms with Crippen LogP contribution in [0.1, 0.15) is 77.8 Å². The highest BCUT2D eigenvalue weighted by molar-refractivity contribution is 6.27. The number of fused-ring (bicyclic) bond motifs is 30. The Labute approximate surface area is 821 Å². The molecule has 0 bridgehead atoms. The maximum absolute atomic E-state index is 2.44. The van der Waals surface area contributed by atoms with Gasteiger partial charge in [-0.1, -0.05) is 390 Å². The van der Waals surface area contributed by atoms with E-state index in [4.69, 9.17) is 0 Å². The molecule has 141 heavy (non-hydrogen) atoms. The predicted molar refractivity (Wildman–Crippen MR) is 604 cm³/mol.